The van der Waals surface area contributed by atoms with Gasteiger partial charge in [0.15, 0.2) is 17.5 Å². The standard InChI is InChI=1S/C32H51N7O4/c1-19(2)13-22(17-28(40)26(36-5)11-8-12-37-32(34)35)31(43)39-27(14-20(3)4)29(41)16-21(30(33)42)15-23-18-38-25-10-7-6-9-24(23)25/h6-7,9-10,18-22,26-27,36,38H,8,11-17H2,1-5H3,(H2,33,42)(H,39,43)(H4,34,35,37)/t21-,22?,26+,27+/m1/s1. The van der Waals surface area contributed by atoms with Gasteiger partial charge in [0.1, 0.15) is 0 Å². The molecule has 1 aromatic heterocycles. The minimum absolute atomic E-state index is 0.00613. The van der Waals surface area contributed by atoms with Crippen LogP contribution in [0.15, 0.2) is 35.5 Å². The topological polar surface area (TPSA) is 199 Å². The summed E-state index contributed by atoms with van der Waals surface area (Å²) in [4.78, 5) is 60.0. The maximum absolute atomic E-state index is 13.6. The maximum Gasteiger partial charge on any atom is 0.224 e. The molecule has 2 amide bonds. The summed E-state index contributed by atoms with van der Waals surface area (Å²) in [6.07, 6.45) is 4.16. The van der Waals surface area contributed by atoms with E-state index in [4.69, 9.17) is 17.2 Å². The normalized spacial score (nSPS) is 14.3. The quantitative estimate of drug-likeness (QED) is 0.0765. The second kappa shape index (κ2) is 17.4. The molecular weight excluding hydrogens is 546 g/mol. The molecule has 0 aliphatic rings. The first-order valence-corrected chi connectivity index (χ1v) is 15.2. The summed E-state index contributed by atoms with van der Waals surface area (Å²) in [5.41, 5.74) is 18.4. The number of primary amides is 1. The molecule has 0 spiro atoms. The highest BCUT2D eigenvalue weighted by Gasteiger charge is 2.32. The van der Waals surface area contributed by atoms with E-state index in [9.17, 15) is 19.2 Å². The average molecular weight is 598 g/mol. The van der Waals surface area contributed by atoms with Gasteiger partial charge in [-0.25, -0.2) is 0 Å². The highest BCUT2D eigenvalue weighted by molar-refractivity contribution is 5.95. The predicted molar refractivity (Wildman–Crippen MR) is 171 cm³/mol. The number of carbonyl (C=O) groups is 4. The number of ketones is 2. The molecule has 1 aromatic carbocycles. The molecule has 2 aromatic rings. The van der Waals surface area contributed by atoms with Crippen molar-refractivity contribution in [1.29, 1.82) is 0 Å². The molecule has 11 nitrogen and oxygen atoms in total. The van der Waals surface area contributed by atoms with Crippen molar-refractivity contribution in [3.63, 3.8) is 0 Å². The van der Waals surface area contributed by atoms with E-state index in [0.717, 1.165) is 16.5 Å². The van der Waals surface area contributed by atoms with Gasteiger partial charge in [-0.1, -0.05) is 45.9 Å². The van der Waals surface area contributed by atoms with E-state index in [1.807, 2.05) is 58.2 Å². The van der Waals surface area contributed by atoms with Crippen LogP contribution in [0.5, 0.6) is 0 Å². The third-order valence-electron chi connectivity index (χ3n) is 7.66. The summed E-state index contributed by atoms with van der Waals surface area (Å²) >= 11 is 0. The number of para-hydroxylation sites is 1. The predicted octanol–water partition coefficient (Wildman–Crippen LogP) is 2.57. The van der Waals surface area contributed by atoms with Crippen molar-refractivity contribution in [3.05, 3.63) is 36.0 Å². The number of H-pyrrole nitrogens is 1. The van der Waals surface area contributed by atoms with Gasteiger partial charge >= 0.3 is 0 Å². The fourth-order valence-corrected chi connectivity index (χ4v) is 5.46. The van der Waals surface area contributed by atoms with Crippen molar-refractivity contribution in [3.8, 4) is 0 Å². The summed E-state index contributed by atoms with van der Waals surface area (Å²) in [6.45, 7) is 8.34. The first-order chi connectivity index (χ1) is 20.3. The Morgan fingerprint density at radius 2 is 1.51 bits per heavy atom. The van der Waals surface area contributed by atoms with Crippen LogP contribution in [0.3, 0.4) is 0 Å². The van der Waals surface area contributed by atoms with Gasteiger partial charge < -0.3 is 32.8 Å². The van der Waals surface area contributed by atoms with Gasteiger partial charge in [-0.05, 0) is 62.6 Å². The van der Waals surface area contributed by atoms with E-state index in [1.165, 1.54) is 0 Å². The number of benzene rings is 1. The van der Waals surface area contributed by atoms with Gasteiger partial charge in [0.05, 0.1) is 12.1 Å². The molecule has 1 heterocycles. The molecule has 4 atom stereocenters. The van der Waals surface area contributed by atoms with Gasteiger partial charge in [-0.2, -0.15) is 0 Å². The number of Topliss-reactive ketones (excluding diaryl/α,β-unsaturated/α-hetero) is 2. The lowest BCUT2D eigenvalue weighted by Crippen LogP contribution is -2.47. The maximum atomic E-state index is 13.6. The lowest BCUT2D eigenvalue weighted by Gasteiger charge is -2.26. The molecular formula is C32H51N7O4. The number of carbonyl (C=O) groups excluding carboxylic acids is 4. The molecule has 238 valence electrons. The SMILES string of the molecule is CN[C@@H](CCCN=C(N)N)C(=O)CC(CC(C)C)C(=O)N[C@@H](CC(C)C)C(=O)C[C@@H](Cc1c[nH]c2ccccc12)C(N)=O. The number of aromatic nitrogens is 1. The Morgan fingerprint density at radius 1 is 0.884 bits per heavy atom. The molecule has 43 heavy (non-hydrogen) atoms. The van der Waals surface area contributed by atoms with Crippen LogP contribution < -0.4 is 27.8 Å². The molecule has 0 fully saturated rings. The fourth-order valence-electron chi connectivity index (χ4n) is 5.46. The van der Waals surface area contributed by atoms with Crippen molar-refractivity contribution in [1.82, 2.24) is 15.6 Å². The number of guanidine groups is 1. The van der Waals surface area contributed by atoms with Crippen molar-refractivity contribution in [2.24, 2.45) is 45.9 Å². The Hall–Kier alpha value is -3.73. The smallest absolute Gasteiger partial charge is 0.224 e. The van der Waals surface area contributed by atoms with Crippen LogP contribution in [0.4, 0.5) is 0 Å². The third-order valence-corrected chi connectivity index (χ3v) is 7.66. The number of fused-ring (bicyclic) bond motifs is 1. The van der Waals surface area contributed by atoms with E-state index in [0.29, 0.717) is 38.6 Å². The highest BCUT2D eigenvalue weighted by Crippen LogP contribution is 2.24. The Labute approximate surface area is 255 Å². The molecule has 0 aliphatic heterocycles. The number of aliphatic imine (C=N–C) groups is 1. The summed E-state index contributed by atoms with van der Waals surface area (Å²) in [6, 6.07) is 6.52. The average Bonchev–Trinajstić information content (AvgIpc) is 3.33. The second-order valence-corrected chi connectivity index (χ2v) is 12.3. The molecule has 9 N–H and O–H groups in total. The van der Waals surface area contributed by atoms with E-state index in [-0.39, 0.29) is 48.1 Å². The van der Waals surface area contributed by atoms with E-state index < -0.39 is 29.8 Å². The number of hydrogen-bond donors (Lipinski definition) is 6. The Morgan fingerprint density at radius 3 is 2.12 bits per heavy atom. The van der Waals surface area contributed by atoms with Crippen molar-refractivity contribution in [2.45, 2.75) is 84.7 Å². The molecule has 0 radical (unpaired) electrons. The number of hydrogen-bond acceptors (Lipinski definition) is 6. The molecule has 11 heteroatoms. The number of nitrogens with one attached hydrogen (secondary N) is 3. The molecule has 1 unspecified atom stereocenters. The Kier molecular flexibility index (Phi) is 14.4. The van der Waals surface area contributed by atoms with Gasteiger partial charge in [-0.3, -0.25) is 24.2 Å². The monoisotopic (exact) mass is 597 g/mol. The number of aromatic amines is 1. The van der Waals surface area contributed by atoms with Crippen molar-refractivity contribution < 1.29 is 19.2 Å². The zero-order chi connectivity index (χ0) is 32.1. The van der Waals surface area contributed by atoms with Crippen LogP contribution in [0, 0.1) is 23.7 Å². The first kappa shape index (κ1) is 35.5. The van der Waals surface area contributed by atoms with Gasteiger partial charge in [0.25, 0.3) is 0 Å². The molecule has 0 aliphatic carbocycles. The molecule has 0 saturated carbocycles. The lowest BCUT2D eigenvalue weighted by atomic mass is 9.87. The van der Waals surface area contributed by atoms with Crippen LogP contribution in [-0.4, -0.2) is 60.0 Å². The zero-order valence-corrected chi connectivity index (χ0v) is 26.3. The summed E-state index contributed by atoms with van der Waals surface area (Å²) in [7, 11) is 1.71. The number of nitrogens with two attached hydrogens (primary N) is 3. The molecule has 0 saturated heterocycles. The summed E-state index contributed by atoms with van der Waals surface area (Å²) < 4.78 is 0. The number of likely N-dealkylation sites (N-methyl/N-ethyl adjacent to an activating group) is 1. The highest BCUT2D eigenvalue weighted by atomic mass is 16.2. The van der Waals surface area contributed by atoms with Crippen LogP contribution in [0.1, 0.15) is 71.8 Å². The van der Waals surface area contributed by atoms with E-state index >= 15 is 0 Å². The molecule has 2 rings (SSSR count). The fraction of sp³-hybridized carbons (Fsp3) is 0.594. The summed E-state index contributed by atoms with van der Waals surface area (Å²) in [5.74, 6) is -2.25. The Bertz CT molecular complexity index is 1250. The number of nitrogens with zero attached hydrogens (tertiary/aromatic N) is 1. The van der Waals surface area contributed by atoms with Gasteiger partial charge in [0.2, 0.25) is 11.8 Å². The van der Waals surface area contributed by atoms with E-state index in [2.05, 4.69) is 20.6 Å². The van der Waals surface area contributed by atoms with Crippen LogP contribution in [-0.2, 0) is 25.6 Å². The minimum Gasteiger partial charge on any atom is -0.370 e. The van der Waals surface area contributed by atoms with Gasteiger partial charge in [0, 0.05) is 48.3 Å². The minimum atomic E-state index is -0.790. The van der Waals surface area contributed by atoms with Gasteiger partial charge in [-0.15, -0.1) is 0 Å². The number of amides is 2. The number of rotatable bonds is 20. The van der Waals surface area contributed by atoms with Crippen LogP contribution >= 0.6 is 0 Å². The summed E-state index contributed by atoms with van der Waals surface area (Å²) in [5, 5.41) is 6.97. The van der Waals surface area contributed by atoms with Crippen LogP contribution in [0.25, 0.3) is 10.9 Å². The van der Waals surface area contributed by atoms with Crippen molar-refractivity contribution in [2.75, 3.05) is 13.6 Å². The Balaban J connectivity index is 2.15. The third kappa shape index (κ3) is 11.8. The molecule has 0 bridgehead atoms. The lowest BCUT2D eigenvalue weighted by molar-refractivity contribution is -0.134. The van der Waals surface area contributed by atoms with Crippen LogP contribution in [0.2, 0.25) is 0 Å². The first-order valence-electron chi connectivity index (χ1n) is 15.2. The van der Waals surface area contributed by atoms with E-state index in [1.54, 1.807) is 7.05 Å². The van der Waals surface area contributed by atoms with Crippen molar-refractivity contribution >= 4 is 40.2 Å². The largest absolute Gasteiger partial charge is 0.370 e. The second-order valence-electron chi connectivity index (χ2n) is 12.3. The zero-order valence-electron chi connectivity index (χ0n) is 26.3.